The number of carbonyl (C=O) groups is 1. The SMILES string of the molecule is CCc1cccc2sc(=NC(=O)C3CCCN(S(=O)(=O)c4cccs4)C3)n(C)c12. The number of amides is 1. The van der Waals surface area contributed by atoms with Gasteiger partial charge in [-0.2, -0.15) is 9.30 Å². The highest BCUT2D eigenvalue weighted by Crippen LogP contribution is 2.27. The highest BCUT2D eigenvalue weighted by Gasteiger charge is 2.33. The predicted molar refractivity (Wildman–Crippen MR) is 117 cm³/mol. The fourth-order valence-electron chi connectivity index (χ4n) is 3.76. The van der Waals surface area contributed by atoms with Crippen LogP contribution in [0, 0.1) is 5.92 Å². The van der Waals surface area contributed by atoms with Crippen molar-refractivity contribution in [2.45, 2.75) is 30.4 Å². The number of sulfonamides is 1. The summed E-state index contributed by atoms with van der Waals surface area (Å²) in [6.45, 7) is 2.75. The van der Waals surface area contributed by atoms with E-state index >= 15 is 0 Å². The number of benzene rings is 1. The van der Waals surface area contributed by atoms with Crippen LogP contribution in [0.4, 0.5) is 0 Å². The lowest BCUT2D eigenvalue weighted by Gasteiger charge is -2.29. The molecule has 0 N–H and O–H groups in total. The molecule has 6 nitrogen and oxygen atoms in total. The average Bonchev–Trinajstić information content (AvgIpc) is 3.37. The van der Waals surface area contributed by atoms with Crippen molar-refractivity contribution in [2.75, 3.05) is 13.1 Å². The minimum atomic E-state index is -3.54. The number of thiophene rings is 1. The summed E-state index contributed by atoms with van der Waals surface area (Å²) in [7, 11) is -1.61. The van der Waals surface area contributed by atoms with E-state index in [0.29, 0.717) is 28.4 Å². The molecule has 1 unspecified atom stereocenters. The Hall–Kier alpha value is -1.81. The van der Waals surface area contributed by atoms with Crippen molar-refractivity contribution in [3.8, 4) is 0 Å². The summed E-state index contributed by atoms with van der Waals surface area (Å²) in [4.78, 5) is 18.0. The van der Waals surface area contributed by atoms with Gasteiger partial charge in [0.25, 0.3) is 15.9 Å². The van der Waals surface area contributed by atoms with Crippen LogP contribution in [0.25, 0.3) is 10.2 Å². The zero-order valence-electron chi connectivity index (χ0n) is 16.4. The minimum absolute atomic E-state index is 0.192. The van der Waals surface area contributed by atoms with Crippen molar-refractivity contribution in [1.82, 2.24) is 8.87 Å². The Balaban J connectivity index is 1.62. The lowest BCUT2D eigenvalue weighted by atomic mass is 9.99. The van der Waals surface area contributed by atoms with Gasteiger partial charge in [-0.15, -0.1) is 11.3 Å². The fourth-order valence-corrected chi connectivity index (χ4v) is 7.50. The lowest BCUT2D eigenvalue weighted by molar-refractivity contribution is -0.122. The number of hydrogen-bond acceptors (Lipinski definition) is 5. The number of piperidine rings is 1. The number of hydrogen-bond donors (Lipinski definition) is 0. The van der Waals surface area contributed by atoms with Gasteiger partial charge in [0.1, 0.15) is 4.21 Å². The molecule has 3 heterocycles. The predicted octanol–water partition coefficient (Wildman–Crippen LogP) is 3.39. The molecule has 1 amide bonds. The second kappa shape index (κ2) is 8.14. The number of para-hydroxylation sites is 1. The van der Waals surface area contributed by atoms with E-state index in [0.717, 1.165) is 16.6 Å². The molecule has 0 saturated carbocycles. The van der Waals surface area contributed by atoms with Gasteiger partial charge >= 0.3 is 0 Å². The molecule has 0 radical (unpaired) electrons. The first-order chi connectivity index (χ1) is 13.9. The summed E-state index contributed by atoms with van der Waals surface area (Å²) in [6, 6.07) is 9.50. The van der Waals surface area contributed by atoms with E-state index in [1.807, 2.05) is 23.7 Å². The van der Waals surface area contributed by atoms with Crippen molar-refractivity contribution in [1.29, 1.82) is 0 Å². The number of thiazole rings is 1. The molecule has 0 bridgehead atoms. The molecule has 1 aliphatic rings. The zero-order valence-corrected chi connectivity index (χ0v) is 18.8. The smallest absolute Gasteiger partial charge is 0.252 e. The standard InChI is InChI=1S/C20H23N3O3S3/c1-3-14-7-4-9-16-18(14)22(2)20(28-16)21-19(24)15-8-5-11-23(13-15)29(25,26)17-10-6-12-27-17/h4,6-7,9-10,12,15H,3,5,8,11,13H2,1-2H3. The van der Waals surface area contributed by atoms with Crippen LogP contribution in [0.1, 0.15) is 25.3 Å². The quantitative estimate of drug-likeness (QED) is 0.613. The van der Waals surface area contributed by atoms with Gasteiger partial charge in [-0.05, 0) is 42.3 Å². The Morgan fingerprint density at radius 3 is 2.83 bits per heavy atom. The Labute approximate surface area is 178 Å². The monoisotopic (exact) mass is 449 g/mol. The van der Waals surface area contributed by atoms with Gasteiger partial charge in [0, 0.05) is 20.1 Å². The van der Waals surface area contributed by atoms with Crippen molar-refractivity contribution in [3.05, 3.63) is 46.1 Å². The van der Waals surface area contributed by atoms with Gasteiger partial charge in [-0.25, -0.2) is 8.42 Å². The molecule has 2 aromatic heterocycles. The van der Waals surface area contributed by atoms with Gasteiger partial charge in [0.15, 0.2) is 4.80 Å². The Morgan fingerprint density at radius 1 is 1.28 bits per heavy atom. The molecule has 1 atom stereocenters. The van der Waals surface area contributed by atoms with Gasteiger partial charge in [0.2, 0.25) is 0 Å². The first-order valence-electron chi connectivity index (χ1n) is 9.61. The third kappa shape index (κ3) is 3.84. The van der Waals surface area contributed by atoms with Crippen molar-refractivity contribution < 1.29 is 13.2 Å². The van der Waals surface area contributed by atoms with Crippen LogP contribution in [0.5, 0.6) is 0 Å². The molecule has 154 valence electrons. The molecule has 0 spiro atoms. The number of fused-ring (bicyclic) bond motifs is 1. The molecule has 1 fully saturated rings. The summed E-state index contributed by atoms with van der Waals surface area (Å²) < 4.78 is 30.4. The number of aryl methyl sites for hydroxylation is 2. The average molecular weight is 450 g/mol. The molecule has 0 aliphatic carbocycles. The third-order valence-corrected chi connectivity index (χ3v) is 9.65. The van der Waals surface area contributed by atoms with E-state index in [9.17, 15) is 13.2 Å². The molecule has 1 aliphatic heterocycles. The van der Waals surface area contributed by atoms with Gasteiger partial charge < -0.3 is 4.57 Å². The van der Waals surface area contributed by atoms with E-state index in [1.54, 1.807) is 17.5 Å². The maximum atomic E-state index is 12.9. The van der Waals surface area contributed by atoms with Crippen molar-refractivity contribution in [2.24, 2.45) is 18.0 Å². The van der Waals surface area contributed by atoms with Crippen LogP contribution in [0.3, 0.4) is 0 Å². The maximum absolute atomic E-state index is 12.9. The lowest BCUT2D eigenvalue weighted by Crippen LogP contribution is -2.42. The molecule has 29 heavy (non-hydrogen) atoms. The summed E-state index contributed by atoms with van der Waals surface area (Å²) in [5.41, 5.74) is 2.33. The van der Waals surface area contributed by atoms with Crippen molar-refractivity contribution in [3.63, 3.8) is 0 Å². The molecule has 9 heteroatoms. The van der Waals surface area contributed by atoms with Crippen LogP contribution in [-0.2, 0) is 28.3 Å². The number of aromatic nitrogens is 1. The minimum Gasteiger partial charge on any atom is -0.319 e. The third-order valence-electron chi connectivity index (χ3n) is 5.32. The van der Waals surface area contributed by atoms with Gasteiger partial charge in [-0.1, -0.05) is 36.5 Å². The normalized spacial score (nSPS) is 19.1. The summed E-state index contributed by atoms with van der Waals surface area (Å²) in [5.74, 6) is -0.648. The molecule has 4 rings (SSSR count). The Morgan fingerprint density at radius 2 is 2.10 bits per heavy atom. The van der Waals surface area contributed by atoms with Crippen LogP contribution in [-0.4, -0.2) is 36.3 Å². The van der Waals surface area contributed by atoms with E-state index in [1.165, 1.54) is 32.5 Å². The topological polar surface area (TPSA) is 71.7 Å². The summed E-state index contributed by atoms with van der Waals surface area (Å²) in [5, 5.41) is 1.75. The Bertz CT molecular complexity index is 1210. The molecule has 1 saturated heterocycles. The summed E-state index contributed by atoms with van der Waals surface area (Å²) >= 11 is 2.70. The molecular weight excluding hydrogens is 426 g/mol. The van der Waals surface area contributed by atoms with Crippen LogP contribution >= 0.6 is 22.7 Å². The number of rotatable bonds is 4. The summed E-state index contributed by atoms with van der Waals surface area (Å²) in [6.07, 6.45) is 2.23. The maximum Gasteiger partial charge on any atom is 0.252 e. The zero-order chi connectivity index (χ0) is 20.6. The highest BCUT2D eigenvalue weighted by molar-refractivity contribution is 7.91. The highest BCUT2D eigenvalue weighted by atomic mass is 32.2. The van der Waals surface area contributed by atoms with Crippen molar-refractivity contribution >= 4 is 48.8 Å². The fraction of sp³-hybridized carbons (Fsp3) is 0.400. The van der Waals surface area contributed by atoms with Gasteiger partial charge in [-0.3, -0.25) is 4.79 Å². The van der Waals surface area contributed by atoms with Crippen LogP contribution < -0.4 is 4.80 Å². The molecular formula is C20H23N3O3S3. The first kappa shape index (κ1) is 20.5. The van der Waals surface area contributed by atoms with Crippen LogP contribution in [0.15, 0.2) is 44.9 Å². The Kier molecular flexibility index (Phi) is 5.74. The van der Waals surface area contributed by atoms with E-state index in [-0.39, 0.29) is 12.5 Å². The van der Waals surface area contributed by atoms with E-state index < -0.39 is 15.9 Å². The second-order valence-corrected chi connectivity index (χ2v) is 11.3. The largest absolute Gasteiger partial charge is 0.319 e. The molecule has 3 aromatic rings. The van der Waals surface area contributed by atoms with Gasteiger partial charge in [0.05, 0.1) is 16.1 Å². The second-order valence-electron chi connectivity index (χ2n) is 7.15. The number of nitrogens with zero attached hydrogens (tertiary/aromatic N) is 3. The van der Waals surface area contributed by atoms with E-state index in [2.05, 4.69) is 18.0 Å². The van der Waals surface area contributed by atoms with E-state index in [4.69, 9.17) is 0 Å². The number of carbonyl (C=O) groups excluding carboxylic acids is 1. The first-order valence-corrected chi connectivity index (χ1v) is 12.7. The molecule has 1 aromatic carbocycles. The van der Waals surface area contributed by atoms with Crippen LogP contribution in [0.2, 0.25) is 0 Å².